The molecule has 0 aliphatic heterocycles. The lowest BCUT2D eigenvalue weighted by atomic mass is 10.2. The van der Waals surface area contributed by atoms with E-state index in [-0.39, 0.29) is 17.8 Å². The molecule has 0 spiro atoms. The molecule has 3 rings (SSSR count). The fourth-order valence-corrected chi connectivity index (χ4v) is 2.53. The summed E-state index contributed by atoms with van der Waals surface area (Å²) >= 11 is 1.16. The van der Waals surface area contributed by atoms with Gasteiger partial charge in [0, 0.05) is 0 Å². The molecule has 0 bridgehead atoms. The highest BCUT2D eigenvalue weighted by atomic mass is 32.2. The first-order valence-electron chi connectivity index (χ1n) is 7.28. The third-order valence-corrected chi connectivity index (χ3v) is 3.67. The largest absolute Gasteiger partial charge is 0.463 e. The second kappa shape index (κ2) is 7.31. The third kappa shape index (κ3) is 3.83. The molecule has 0 amide bonds. The number of thioether (sulfide) groups is 1. The van der Waals surface area contributed by atoms with Crippen molar-refractivity contribution in [1.29, 1.82) is 0 Å². The van der Waals surface area contributed by atoms with Gasteiger partial charge in [-0.15, -0.1) is 10.2 Å². The summed E-state index contributed by atoms with van der Waals surface area (Å²) in [4.78, 5) is 16.1. The van der Waals surface area contributed by atoms with Crippen LogP contribution in [0.2, 0.25) is 0 Å². The van der Waals surface area contributed by atoms with Gasteiger partial charge >= 0.3 is 5.97 Å². The lowest BCUT2D eigenvalue weighted by molar-refractivity contribution is -0.144. The molecule has 0 fully saturated rings. The van der Waals surface area contributed by atoms with E-state index in [2.05, 4.69) is 15.2 Å². The van der Waals surface area contributed by atoms with Crippen molar-refractivity contribution >= 4 is 17.7 Å². The molecule has 24 heavy (non-hydrogen) atoms. The van der Waals surface area contributed by atoms with Gasteiger partial charge in [-0.05, 0) is 38.1 Å². The minimum absolute atomic E-state index is 0.109. The Bertz CT molecular complexity index is 801. The number of furan rings is 2. The van der Waals surface area contributed by atoms with Crippen molar-refractivity contribution < 1.29 is 18.4 Å². The molecule has 8 heteroatoms. The zero-order valence-electron chi connectivity index (χ0n) is 13.1. The molecule has 0 aromatic carbocycles. The van der Waals surface area contributed by atoms with E-state index in [9.17, 15) is 4.79 Å². The molecular weight excluding hydrogens is 330 g/mol. The molecular formula is C16H15N3O4S. The van der Waals surface area contributed by atoms with Crippen molar-refractivity contribution in [3.8, 4) is 22.9 Å². The van der Waals surface area contributed by atoms with Crippen LogP contribution in [0.5, 0.6) is 0 Å². The predicted molar refractivity (Wildman–Crippen MR) is 87.2 cm³/mol. The highest BCUT2D eigenvalue weighted by Gasteiger charge is 2.18. The monoisotopic (exact) mass is 345 g/mol. The summed E-state index contributed by atoms with van der Waals surface area (Å²) in [5.41, 5.74) is 0.980. The fourth-order valence-electron chi connectivity index (χ4n) is 1.96. The van der Waals surface area contributed by atoms with Crippen molar-refractivity contribution in [2.75, 3.05) is 5.75 Å². The van der Waals surface area contributed by atoms with Crippen molar-refractivity contribution in [2.45, 2.75) is 25.1 Å². The Kier molecular flexibility index (Phi) is 4.95. The van der Waals surface area contributed by atoms with Gasteiger partial charge in [-0.25, -0.2) is 4.98 Å². The topological polar surface area (TPSA) is 91.2 Å². The van der Waals surface area contributed by atoms with Crippen LogP contribution in [0, 0.1) is 0 Å². The van der Waals surface area contributed by atoms with Gasteiger partial charge in [-0.3, -0.25) is 4.79 Å². The minimum Gasteiger partial charge on any atom is -0.463 e. The number of rotatable bonds is 6. The van der Waals surface area contributed by atoms with Crippen LogP contribution < -0.4 is 0 Å². The van der Waals surface area contributed by atoms with E-state index in [4.69, 9.17) is 13.6 Å². The lowest BCUT2D eigenvalue weighted by Gasteiger charge is -2.07. The molecule has 7 nitrogen and oxygen atoms in total. The minimum atomic E-state index is -0.326. The van der Waals surface area contributed by atoms with Gasteiger partial charge in [0.2, 0.25) is 5.16 Å². The zero-order valence-corrected chi connectivity index (χ0v) is 13.9. The number of hydrogen-bond acceptors (Lipinski definition) is 8. The Hall–Kier alpha value is -2.61. The molecule has 0 saturated heterocycles. The van der Waals surface area contributed by atoms with Gasteiger partial charge in [0.15, 0.2) is 17.2 Å². The van der Waals surface area contributed by atoms with Crippen molar-refractivity contribution in [3.05, 3.63) is 36.8 Å². The maximum Gasteiger partial charge on any atom is 0.316 e. The summed E-state index contributed by atoms with van der Waals surface area (Å²) in [5.74, 6) is 0.866. The van der Waals surface area contributed by atoms with Crippen LogP contribution in [-0.4, -0.2) is 33.0 Å². The van der Waals surface area contributed by atoms with E-state index in [1.54, 1.807) is 50.6 Å². The van der Waals surface area contributed by atoms with Gasteiger partial charge in [0.25, 0.3) is 0 Å². The Labute approximate surface area is 142 Å². The first-order chi connectivity index (χ1) is 11.6. The van der Waals surface area contributed by atoms with Crippen LogP contribution in [0.1, 0.15) is 13.8 Å². The highest BCUT2D eigenvalue weighted by Crippen LogP contribution is 2.30. The van der Waals surface area contributed by atoms with Crippen LogP contribution in [0.3, 0.4) is 0 Å². The van der Waals surface area contributed by atoms with E-state index in [0.717, 1.165) is 11.8 Å². The quantitative estimate of drug-likeness (QED) is 0.495. The van der Waals surface area contributed by atoms with Gasteiger partial charge in [-0.2, -0.15) is 0 Å². The zero-order chi connectivity index (χ0) is 16.9. The summed E-state index contributed by atoms with van der Waals surface area (Å²) in [6.45, 7) is 3.60. The van der Waals surface area contributed by atoms with Crippen LogP contribution in [-0.2, 0) is 9.53 Å². The van der Waals surface area contributed by atoms with Gasteiger partial charge in [0.1, 0.15) is 5.69 Å². The number of carbonyl (C=O) groups is 1. The molecule has 3 aromatic rings. The number of nitrogens with zero attached hydrogens (tertiary/aromatic N) is 3. The van der Waals surface area contributed by atoms with Gasteiger partial charge < -0.3 is 13.6 Å². The predicted octanol–water partition coefficient (Wildman–Crippen LogP) is 3.44. The van der Waals surface area contributed by atoms with E-state index in [1.165, 1.54) is 0 Å². The fraction of sp³-hybridized carbons (Fsp3) is 0.250. The smallest absolute Gasteiger partial charge is 0.316 e. The molecule has 124 valence electrons. The summed E-state index contributed by atoms with van der Waals surface area (Å²) in [6, 6.07) is 7.06. The lowest BCUT2D eigenvalue weighted by Crippen LogP contribution is -2.13. The average Bonchev–Trinajstić information content (AvgIpc) is 3.25. The standard InChI is InChI=1S/C16H15N3O4S/c1-10(2)23-13(20)9-24-16-17-14(11-5-3-7-21-11)15(18-19-16)12-6-4-8-22-12/h3-8,10H,9H2,1-2H3. The first kappa shape index (κ1) is 16.3. The maximum absolute atomic E-state index is 11.6. The van der Waals surface area contributed by atoms with Crippen LogP contribution in [0.4, 0.5) is 0 Å². The Morgan fingerprint density at radius 2 is 1.79 bits per heavy atom. The number of carbonyl (C=O) groups excluding carboxylic acids is 1. The Morgan fingerprint density at radius 1 is 1.12 bits per heavy atom. The summed E-state index contributed by atoms with van der Waals surface area (Å²) in [6.07, 6.45) is 2.95. The highest BCUT2D eigenvalue weighted by molar-refractivity contribution is 7.99. The SMILES string of the molecule is CC(C)OC(=O)CSc1nnc(-c2ccco2)c(-c2ccco2)n1. The number of ether oxygens (including phenoxy) is 1. The van der Waals surface area contributed by atoms with Gasteiger partial charge in [-0.1, -0.05) is 11.8 Å². The van der Waals surface area contributed by atoms with E-state index >= 15 is 0 Å². The Morgan fingerprint density at radius 3 is 2.38 bits per heavy atom. The molecule has 0 aliphatic carbocycles. The number of aromatic nitrogens is 3. The Balaban J connectivity index is 1.85. The van der Waals surface area contributed by atoms with Crippen molar-refractivity contribution in [2.24, 2.45) is 0 Å². The second-order valence-corrected chi connectivity index (χ2v) is 6.02. The van der Waals surface area contributed by atoms with E-state index in [1.807, 2.05) is 0 Å². The molecule has 0 saturated carbocycles. The van der Waals surface area contributed by atoms with Crippen LogP contribution >= 0.6 is 11.8 Å². The second-order valence-electron chi connectivity index (χ2n) is 5.07. The third-order valence-electron chi connectivity index (χ3n) is 2.86. The molecule has 0 atom stereocenters. The molecule has 0 radical (unpaired) electrons. The number of hydrogen-bond donors (Lipinski definition) is 0. The molecule has 0 unspecified atom stereocenters. The average molecular weight is 345 g/mol. The number of esters is 1. The summed E-state index contributed by atoms with van der Waals surface area (Å²) in [5, 5.41) is 8.58. The summed E-state index contributed by atoms with van der Waals surface area (Å²) in [7, 11) is 0. The molecule has 0 N–H and O–H groups in total. The van der Waals surface area contributed by atoms with Crippen LogP contribution in [0.25, 0.3) is 22.9 Å². The molecule has 3 aromatic heterocycles. The molecule has 0 aliphatic rings. The molecule has 3 heterocycles. The van der Waals surface area contributed by atoms with Gasteiger partial charge in [0.05, 0.1) is 24.4 Å². The van der Waals surface area contributed by atoms with Crippen molar-refractivity contribution in [1.82, 2.24) is 15.2 Å². The first-order valence-corrected chi connectivity index (χ1v) is 8.27. The van der Waals surface area contributed by atoms with Crippen LogP contribution in [0.15, 0.2) is 50.8 Å². The summed E-state index contributed by atoms with van der Waals surface area (Å²) < 4.78 is 15.9. The van der Waals surface area contributed by atoms with E-state index in [0.29, 0.717) is 28.1 Å². The van der Waals surface area contributed by atoms with E-state index < -0.39 is 0 Å². The van der Waals surface area contributed by atoms with Crippen molar-refractivity contribution in [3.63, 3.8) is 0 Å². The normalized spacial score (nSPS) is 11.0. The maximum atomic E-state index is 11.6.